The van der Waals surface area contributed by atoms with Gasteiger partial charge >= 0.3 is 0 Å². The Kier molecular flexibility index (Phi) is 4.78. The standard InChI is InChI=1S/C16H15ClN2O3/c1-11(12-6-4-3-5-7-12)18(2)16(20)14-10-13(19(21)22)8-9-15(14)17/h3-11H,1-2H3. The number of halogens is 1. The van der Waals surface area contributed by atoms with Gasteiger partial charge in [-0.15, -0.1) is 0 Å². The molecule has 0 heterocycles. The van der Waals surface area contributed by atoms with Gasteiger partial charge in [-0.25, -0.2) is 0 Å². The second-order valence-corrected chi connectivity index (χ2v) is 5.33. The number of rotatable bonds is 4. The predicted octanol–water partition coefficient (Wildman–Crippen LogP) is 4.08. The first-order chi connectivity index (χ1) is 10.4. The molecule has 0 aliphatic heterocycles. The Balaban J connectivity index is 2.31. The number of carbonyl (C=O) groups is 1. The van der Waals surface area contributed by atoms with Gasteiger partial charge in [0, 0.05) is 19.2 Å². The molecule has 0 saturated carbocycles. The fraction of sp³-hybridized carbons (Fsp3) is 0.188. The molecule has 22 heavy (non-hydrogen) atoms. The van der Waals surface area contributed by atoms with Crippen LogP contribution in [-0.4, -0.2) is 22.8 Å². The maximum absolute atomic E-state index is 12.6. The summed E-state index contributed by atoms with van der Waals surface area (Å²) in [4.78, 5) is 24.4. The summed E-state index contributed by atoms with van der Waals surface area (Å²) in [5.41, 5.74) is 0.939. The molecule has 1 amide bonds. The third kappa shape index (κ3) is 3.26. The zero-order valence-electron chi connectivity index (χ0n) is 12.2. The molecule has 0 radical (unpaired) electrons. The smallest absolute Gasteiger partial charge is 0.270 e. The molecule has 0 aromatic heterocycles. The van der Waals surface area contributed by atoms with Gasteiger partial charge in [-0.1, -0.05) is 41.9 Å². The molecule has 0 N–H and O–H groups in total. The number of hydrogen-bond donors (Lipinski definition) is 0. The van der Waals surface area contributed by atoms with E-state index in [0.717, 1.165) is 5.56 Å². The van der Waals surface area contributed by atoms with Crippen LogP contribution in [0.3, 0.4) is 0 Å². The number of nitrogens with zero attached hydrogens (tertiary/aromatic N) is 2. The first kappa shape index (κ1) is 16.0. The summed E-state index contributed by atoms with van der Waals surface area (Å²) in [6.07, 6.45) is 0. The highest BCUT2D eigenvalue weighted by Crippen LogP contribution is 2.26. The average molecular weight is 319 g/mol. The molecule has 0 aliphatic carbocycles. The molecule has 2 aromatic carbocycles. The van der Waals surface area contributed by atoms with E-state index >= 15 is 0 Å². The monoisotopic (exact) mass is 318 g/mol. The van der Waals surface area contributed by atoms with Crippen molar-refractivity contribution >= 4 is 23.2 Å². The summed E-state index contributed by atoms with van der Waals surface area (Å²) >= 11 is 6.02. The highest BCUT2D eigenvalue weighted by Gasteiger charge is 2.22. The summed E-state index contributed by atoms with van der Waals surface area (Å²) in [5.74, 6) is -0.356. The Morgan fingerprint density at radius 3 is 2.45 bits per heavy atom. The molecule has 0 fully saturated rings. The highest BCUT2D eigenvalue weighted by molar-refractivity contribution is 6.33. The summed E-state index contributed by atoms with van der Waals surface area (Å²) < 4.78 is 0. The SMILES string of the molecule is CC(c1ccccc1)N(C)C(=O)c1cc([N+](=O)[O-])ccc1Cl. The molecule has 1 unspecified atom stereocenters. The molecule has 2 aromatic rings. The molecular formula is C16H15ClN2O3. The van der Waals surface area contributed by atoms with Crippen LogP contribution in [0.25, 0.3) is 0 Å². The average Bonchev–Trinajstić information content (AvgIpc) is 2.53. The Hall–Kier alpha value is -2.40. The lowest BCUT2D eigenvalue weighted by Gasteiger charge is -2.25. The second-order valence-electron chi connectivity index (χ2n) is 4.92. The molecule has 5 nitrogen and oxygen atoms in total. The maximum atomic E-state index is 12.6. The number of nitro groups is 1. The van der Waals surface area contributed by atoms with Crippen molar-refractivity contribution in [2.24, 2.45) is 0 Å². The van der Waals surface area contributed by atoms with Crippen LogP contribution in [0.4, 0.5) is 5.69 Å². The topological polar surface area (TPSA) is 63.5 Å². The minimum absolute atomic E-state index is 0.126. The minimum Gasteiger partial charge on any atom is -0.335 e. The van der Waals surface area contributed by atoms with Crippen molar-refractivity contribution in [3.05, 3.63) is 74.8 Å². The lowest BCUT2D eigenvalue weighted by atomic mass is 10.1. The molecule has 114 valence electrons. The van der Waals surface area contributed by atoms with Crippen LogP contribution in [0.15, 0.2) is 48.5 Å². The quantitative estimate of drug-likeness (QED) is 0.630. The van der Waals surface area contributed by atoms with Gasteiger partial charge in [-0.3, -0.25) is 14.9 Å². The van der Waals surface area contributed by atoms with Gasteiger partial charge in [0.2, 0.25) is 0 Å². The van der Waals surface area contributed by atoms with E-state index < -0.39 is 4.92 Å². The van der Waals surface area contributed by atoms with E-state index in [4.69, 9.17) is 11.6 Å². The normalized spacial score (nSPS) is 11.8. The molecule has 6 heteroatoms. The third-order valence-corrected chi connectivity index (χ3v) is 3.90. The fourth-order valence-electron chi connectivity index (χ4n) is 2.11. The van der Waals surface area contributed by atoms with E-state index in [9.17, 15) is 14.9 Å². The summed E-state index contributed by atoms with van der Waals surface area (Å²) in [5, 5.41) is 11.0. The van der Waals surface area contributed by atoms with E-state index in [0.29, 0.717) is 0 Å². The minimum atomic E-state index is -0.548. The number of hydrogen-bond acceptors (Lipinski definition) is 3. The van der Waals surface area contributed by atoms with Crippen molar-refractivity contribution in [1.82, 2.24) is 4.90 Å². The van der Waals surface area contributed by atoms with Crippen molar-refractivity contribution in [2.75, 3.05) is 7.05 Å². The summed E-state index contributed by atoms with van der Waals surface area (Å²) in [6, 6.07) is 13.2. The van der Waals surface area contributed by atoms with Gasteiger partial charge in [-0.05, 0) is 18.6 Å². The predicted molar refractivity (Wildman–Crippen MR) is 85.1 cm³/mol. The molecule has 0 bridgehead atoms. The van der Waals surface area contributed by atoms with E-state index in [1.807, 2.05) is 37.3 Å². The Morgan fingerprint density at radius 2 is 1.86 bits per heavy atom. The van der Waals surface area contributed by atoms with Crippen LogP contribution in [0.2, 0.25) is 5.02 Å². The zero-order chi connectivity index (χ0) is 16.3. The van der Waals surface area contributed by atoms with E-state index in [1.165, 1.54) is 23.1 Å². The van der Waals surface area contributed by atoms with Gasteiger partial charge < -0.3 is 4.90 Å². The molecular weight excluding hydrogens is 304 g/mol. The number of carbonyl (C=O) groups excluding carboxylic acids is 1. The van der Waals surface area contributed by atoms with Crippen LogP contribution in [0.1, 0.15) is 28.9 Å². The summed E-state index contributed by atoms with van der Waals surface area (Å²) in [6.45, 7) is 1.89. The third-order valence-electron chi connectivity index (χ3n) is 3.57. The van der Waals surface area contributed by atoms with E-state index in [-0.39, 0.29) is 28.2 Å². The fourth-order valence-corrected chi connectivity index (χ4v) is 2.31. The molecule has 0 aliphatic rings. The first-order valence-electron chi connectivity index (χ1n) is 6.68. The number of benzene rings is 2. The Labute approximate surface area is 133 Å². The van der Waals surface area contributed by atoms with Crippen LogP contribution < -0.4 is 0 Å². The van der Waals surface area contributed by atoms with Crippen LogP contribution in [0.5, 0.6) is 0 Å². The van der Waals surface area contributed by atoms with Crippen molar-refractivity contribution in [3.63, 3.8) is 0 Å². The Morgan fingerprint density at radius 1 is 1.23 bits per heavy atom. The molecule has 1 atom stereocenters. The molecule has 0 spiro atoms. The summed E-state index contributed by atoms with van der Waals surface area (Å²) in [7, 11) is 1.65. The molecule has 2 rings (SSSR count). The van der Waals surface area contributed by atoms with Gasteiger partial charge in [0.15, 0.2) is 0 Å². The van der Waals surface area contributed by atoms with Gasteiger partial charge in [0.05, 0.1) is 21.6 Å². The number of amides is 1. The van der Waals surface area contributed by atoms with Crippen molar-refractivity contribution < 1.29 is 9.72 Å². The van der Waals surface area contributed by atoms with Crippen molar-refractivity contribution in [3.8, 4) is 0 Å². The number of non-ortho nitro benzene ring substituents is 1. The maximum Gasteiger partial charge on any atom is 0.270 e. The van der Waals surface area contributed by atoms with Gasteiger partial charge in [0.25, 0.3) is 11.6 Å². The largest absolute Gasteiger partial charge is 0.335 e. The van der Waals surface area contributed by atoms with Crippen LogP contribution in [0, 0.1) is 10.1 Å². The van der Waals surface area contributed by atoms with Crippen LogP contribution >= 0.6 is 11.6 Å². The molecule has 0 saturated heterocycles. The van der Waals surface area contributed by atoms with Crippen molar-refractivity contribution in [1.29, 1.82) is 0 Å². The first-order valence-corrected chi connectivity index (χ1v) is 7.05. The highest BCUT2D eigenvalue weighted by atomic mass is 35.5. The lowest BCUT2D eigenvalue weighted by Crippen LogP contribution is -2.29. The van der Waals surface area contributed by atoms with Gasteiger partial charge in [-0.2, -0.15) is 0 Å². The number of nitro benzene ring substituents is 1. The van der Waals surface area contributed by atoms with Gasteiger partial charge in [0.1, 0.15) is 0 Å². The zero-order valence-corrected chi connectivity index (χ0v) is 12.9. The van der Waals surface area contributed by atoms with Crippen LogP contribution in [-0.2, 0) is 0 Å². The second kappa shape index (κ2) is 6.58. The van der Waals surface area contributed by atoms with Crippen molar-refractivity contribution in [2.45, 2.75) is 13.0 Å². The van der Waals surface area contributed by atoms with E-state index in [2.05, 4.69) is 0 Å². The Bertz CT molecular complexity index is 704. The van der Waals surface area contributed by atoms with E-state index in [1.54, 1.807) is 7.05 Å². The lowest BCUT2D eigenvalue weighted by molar-refractivity contribution is -0.384.